The summed E-state index contributed by atoms with van der Waals surface area (Å²) < 4.78 is 19.6. The topological polar surface area (TPSA) is 35.2 Å². The molecule has 88 valence electrons. The summed E-state index contributed by atoms with van der Waals surface area (Å²) in [6.45, 7) is 0. The molecule has 0 bridgehead atoms. The molecule has 2 aromatic rings. The number of nitrogens with two attached hydrogens (primary N) is 1. The van der Waals surface area contributed by atoms with Gasteiger partial charge in [-0.2, -0.15) is 0 Å². The van der Waals surface area contributed by atoms with Gasteiger partial charge >= 0.3 is 0 Å². The van der Waals surface area contributed by atoms with Crippen LogP contribution in [0.25, 0.3) is 0 Å². The van der Waals surface area contributed by atoms with Crippen molar-refractivity contribution < 1.29 is 9.13 Å². The second-order valence-electron chi connectivity index (χ2n) is 3.36. The van der Waals surface area contributed by atoms with Crippen molar-refractivity contribution in [3.8, 4) is 11.5 Å². The number of anilines is 1. The first-order valence-corrected chi connectivity index (χ1v) is 5.91. The van der Waals surface area contributed by atoms with Crippen molar-refractivity contribution in [3.05, 3.63) is 51.7 Å². The van der Waals surface area contributed by atoms with Crippen molar-refractivity contribution in [1.29, 1.82) is 0 Å². The highest BCUT2D eigenvalue weighted by Crippen LogP contribution is 2.32. The van der Waals surface area contributed by atoms with Crippen LogP contribution in [0.1, 0.15) is 0 Å². The van der Waals surface area contributed by atoms with Crippen LogP contribution in [-0.4, -0.2) is 0 Å². The van der Waals surface area contributed by atoms with Gasteiger partial charge in [-0.15, -0.1) is 0 Å². The van der Waals surface area contributed by atoms with Crippen LogP contribution in [0, 0.1) is 5.82 Å². The van der Waals surface area contributed by atoms with E-state index in [0.29, 0.717) is 20.9 Å². The largest absolute Gasteiger partial charge is 0.452 e. The number of rotatable bonds is 2. The van der Waals surface area contributed by atoms with Crippen molar-refractivity contribution in [2.45, 2.75) is 0 Å². The van der Waals surface area contributed by atoms with Gasteiger partial charge < -0.3 is 10.5 Å². The average Bonchev–Trinajstić information content (AvgIpc) is 2.27. The van der Waals surface area contributed by atoms with Gasteiger partial charge in [0, 0.05) is 15.6 Å². The molecule has 0 amide bonds. The van der Waals surface area contributed by atoms with Crippen LogP contribution in [0.4, 0.5) is 10.1 Å². The summed E-state index contributed by atoms with van der Waals surface area (Å²) in [5.74, 6) is -0.0420. The van der Waals surface area contributed by atoms with Crippen molar-refractivity contribution in [1.82, 2.24) is 0 Å². The van der Waals surface area contributed by atoms with Gasteiger partial charge in [0.2, 0.25) is 0 Å². The second kappa shape index (κ2) is 4.94. The van der Waals surface area contributed by atoms with E-state index in [0.717, 1.165) is 0 Å². The zero-order valence-corrected chi connectivity index (χ0v) is 10.9. The van der Waals surface area contributed by atoms with Gasteiger partial charge in [0.25, 0.3) is 0 Å². The van der Waals surface area contributed by atoms with E-state index >= 15 is 0 Å². The third kappa shape index (κ3) is 2.90. The van der Waals surface area contributed by atoms with E-state index < -0.39 is 5.82 Å². The van der Waals surface area contributed by atoms with E-state index in [9.17, 15) is 4.39 Å². The number of nitrogen functional groups attached to an aromatic ring is 1. The lowest BCUT2D eigenvalue weighted by Gasteiger charge is -2.09. The smallest absolute Gasteiger partial charge is 0.166 e. The molecule has 0 unspecified atom stereocenters. The van der Waals surface area contributed by atoms with Gasteiger partial charge in [-0.25, -0.2) is 4.39 Å². The standard InChI is InChI=1S/C12H8BrClFNO/c13-7-1-4-11(9(15)5-7)17-12-6-8(14)2-3-10(12)16/h1-6H,16H2. The minimum atomic E-state index is -0.473. The van der Waals surface area contributed by atoms with E-state index in [4.69, 9.17) is 22.1 Å². The summed E-state index contributed by atoms with van der Waals surface area (Å²) in [6, 6.07) is 9.30. The zero-order valence-electron chi connectivity index (χ0n) is 8.58. The molecule has 0 aliphatic rings. The molecular formula is C12H8BrClFNO. The van der Waals surface area contributed by atoms with E-state index in [-0.39, 0.29) is 5.75 Å². The van der Waals surface area contributed by atoms with E-state index in [1.165, 1.54) is 12.1 Å². The molecule has 5 heteroatoms. The third-order valence-electron chi connectivity index (χ3n) is 2.09. The molecule has 2 N–H and O–H groups in total. The normalized spacial score (nSPS) is 10.3. The molecule has 0 spiro atoms. The van der Waals surface area contributed by atoms with Crippen LogP contribution in [0.5, 0.6) is 11.5 Å². The molecule has 2 rings (SSSR count). The Bertz CT molecular complexity index is 562. The van der Waals surface area contributed by atoms with Crippen LogP contribution in [0.2, 0.25) is 5.02 Å². The second-order valence-corrected chi connectivity index (χ2v) is 4.71. The molecule has 2 aromatic carbocycles. The Balaban J connectivity index is 2.34. The molecule has 0 fully saturated rings. The lowest BCUT2D eigenvalue weighted by Crippen LogP contribution is -1.93. The Morgan fingerprint density at radius 1 is 1.12 bits per heavy atom. The summed E-state index contributed by atoms with van der Waals surface area (Å²) in [5, 5.41) is 0.478. The molecule has 0 saturated carbocycles. The summed E-state index contributed by atoms with van der Waals surface area (Å²) >= 11 is 8.98. The lowest BCUT2D eigenvalue weighted by molar-refractivity contribution is 0.444. The van der Waals surface area contributed by atoms with E-state index in [1.807, 2.05) is 0 Å². The molecule has 0 aliphatic carbocycles. The predicted octanol–water partition coefficient (Wildman–Crippen LogP) is 4.62. The maximum atomic E-state index is 13.5. The van der Waals surface area contributed by atoms with E-state index in [2.05, 4.69) is 15.9 Å². The quantitative estimate of drug-likeness (QED) is 0.821. The first kappa shape index (κ1) is 12.2. The number of hydrogen-bond donors (Lipinski definition) is 1. The highest BCUT2D eigenvalue weighted by atomic mass is 79.9. The molecule has 0 atom stereocenters. The molecular weight excluding hydrogens is 308 g/mol. The van der Waals surface area contributed by atoms with Crippen LogP contribution in [0.3, 0.4) is 0 Å². The van der Waals surface area contributed by atoms with Crippen molar-refractivity contribution >= 4 is 33.2 Å². The van der Waals surface area contributed by atoms with Gasteiger partial charge in [-0.3, -0.25) is 0 Å². The summed E-state index contributed by atoms with van der Waals surface area (Å²) in [6.07, 6.45) is 0. The number of benzene rings is 2. The molecule has 0 aromatic heterocycles. The molecule has 2 nitrogen and oxygen atoms in total. The van der Waals surface area contributed by atoms with Gasteiger partial charge in [0.05, 0.1) is 5.69 Å². The Morgan fingerprint density at radius 3 is 2.59 bits per heavy atom. The average molecular weight is 317 g/mol. The number of halogens is 3. The van der Waals surface area contributed by atoms with Gasteiger partial charge in [0.15, 0.2) is 17.3 Å². The van der Waals surface area contributed by atoms with Gasteiger partial charge in [-0.1, -0.05) is 27.5 Å². The Labute approximate surface area is 111 Å². The lowest BCUT2D eigenvalue weighted by atomic mass is 10.3. The maximum Gasteiger partial charge on any atom is 0.166 e. The Morgan fingerprint density at radius 2 is 1.88 bits per heavy atom. The minimum absolute atomic E-state index is 0.0992. The van der Waals surface area contributed by atoms with Gasteiger partial charge in [0.1, 0.15) is 0 Å². The van der Waals surface area contributed by atoms with Crippen LogP contribution < -0.4 is 10.5 Å². The van der Waals surface area contributed by atoms with Crippen LogP contribution in [0.15, 0.2) is 40.9 Å². The van der Waals surface area contributed by atoms with Crippen molar-refractivity contribution in [3.63, 3.8) is 0 Å². The molecule has 0 heterocycles. The first-order chi connectivity index (χ1) is 8.06. The minimum Gasteiger partial charge on any atom is -0.452 e. The molecule has 0 saturated heterocycles. The fraction of sp³-hybridized carbons (Fsp3) is 0. The highest BCUT2D eigenvalue weighted by molar-refractivity contribution is 9.10. The molecule has 0 radical (unpaired) electrons. The number of hydrogen-bond acceptors (Lipinski definition) is 2. The fourth-order valence-corrected chi connectivity index (χ4v) is 1.77. The maximum absolute atomic E-state index is 13.5. The van der Waals surface area contributed by atoms with Gasteiger partial charge in [-0.05, 0) is 30.3 Å². The predicted molar refractivity (Wildman–Crippen MR) is 70.0 cm³/mol. The fourth-order valence-electron chi connectivity index (χ4n) is 1.27. The molecule has 0 aliphatic heterocycles. The zero-order chi connectivity index (χ0) is 12.4. The summed E-state index contributed by atoms with van der Waals surface area (Å²) in [4.78, 5) is 0. The summed E-state index contributed by atoms with van der Waals surface area (Å²) in [5.41, 5.74) is 6.10. The Kier molecular flexibility index (Phi) is 3.54. The van der Waals surface area contributed by atoms with Crippen molar-refractivity contribution in [2.75, 3.05) is 5.73 Å². The third-order valence-corrected chi connectivity index (χ3v) is 2.82. The number of ether oxygens (including phenoxy) is 1. The highest BCUT2D eigenvalue weighted by Gasteiger charge is 2.08. The Hall–Kier alpha value is -1.26. The van der Waals surface area contributed by atoms with Crippen LogP contribution >= 0.6 is 27.5 Å². The van der Waals surface area contributed by atoms with Crippen LogP contribution in [-0.2, 0) is 0 Å². The first-order valence-electron chi connectivity index (χ1n) is 4.74. The SMILES string of the molecule is Nc1ccc(Cl)cc1Oc1ccc(Br)cc1F. The molecule has 17 heavy (non-hydrogen) atoms. The monoisotopic (exact) mass is 315 g/mol. The summed E-state index contributed by atoms with van der Waals surface area (Å²) in [7, 11) is 0. The van der Waals surface area contributed by atoms with E-state index in [1.54, 1.807) is 24.3 Å². The van der Waals surface area contributed by atoms with Crippen molar-refractivity contribution in [2.24, 2.45) is 0 Å².